The molecular weight excluding hydrogens is 230 g/mol. The van der Waals surface area contributed by atoms with Crippen molar-refractivity contribution in [3.8, 4) is 5.75 Å². The Morgan fingerprint density at radius 1 is 1.06 bits per heavy atom. The first-order valence-electron chi connectivity index (χ1n) is 5.37. The number of nitrogens with two attached hydrogens (primary N) is 1. The van der Waals surface area contributed by atoms with E-state index < -0.39 is 0 Å². The number of hydrogen-bond acceptors (Lipinski definition) is 3. The highest BCUT2D eigenvalue weighted by molar-refractivity contribution is 7.99. The minimum Gasteiger partial charge on any atom is -0.497 e. The monoisotopic (exact) mass is 245 g/mol. The van der Waals surface area contributed by atoms with Gasteiger partial charge in [-0.25, -0.2) is 0 Å². The van der Waals surface area contributed by atoms with Gasteiger partial charge in [0.25, 0.3) is 0 Å². The van der Waals surface area contributed by atoms with Crippen molar-refractivity contribution in [2.45, 2.75) is 16.7 Å². The lowest BCUT2D eigenvalue weighted by molar-refractivity contribution is 0.414. The predicted molar refractivity (Wildman–Crippen MR) is 72.7 cm³/mol. The first-order valence-corrected chi connectivity index (χ1v) is 6.19. The maximum atomic E-state index is 5.97. The van der Waals surface area contributed by atoms with Gasteiger partial charge in [-0.1, -0.05) is 30.0 Å². The van der Waals surface area contributed by atoms with Crippen LogP contribution in [-0.4, -0.2) is 7.11 Å². The van der Waals surface area contributed by atoms with Crippen LogP contribution in [0.3, 0.4) is 0 Å². The molecule has 0 aliphatic rings. The molecule has 0 saturated heterocycles. The molecule has 0 heterocycles. The highest BCUT2D eigenvalue weighted by Crippen LogP contribution is 2.35. The second-order valence-corrected chi connectivity index (χ2v) is 4.86. The second kappa shape index (κ2) is 5.15. The first-order chi connectivity index (χ1) is 8.20. The summed E-state index contributed by atoms with van der Waals surface area (Å²) in [5, 5.41) is 0. The van der Waals surface area contributed by atoms with Crippen molar-refractivity contribution >= 4 is 17.4 Å². The molecule has 0 radical (unpaired) electrons. The van der Waals surface area contributed by atoms with Gasteiger partial charge in [0.2, 0.25) is 0 Å². The Morgan fingerprint density at radius 3 is 2.53 bits per heavy atom. The molecule has 2 rings (SSSR count). The van der Waals surface area contributed by atoms with Crippen LogP contribution in [0.2, 0.25) is 0 Å². The van der Waals surface area contributed by atoms with Gasteiger partial charge in [0.05, 0.1) is 7.11 Å². The zero-order chi connectivity index (χ0) is 12.3. The first kappa shape index (κ1) is 11.9. The average molecular weight is 245 g/mol. The van der Waals surface area contributed by atoms with E-state index in [2.05, 4.69) is 19.1 Å². The number of methoxy groups -OCH3 is 1. The van der Waals surface area contributed by atoms with Gasteiger partial charge in [0, 0.05) is 15.5 Å². The summed E-state index contributed by atoms with van der Waals surface area (Å²) in [6, 6.07) is 14.0. The van der Waals surface area contributed by atoms with E-state index in [0.717, 1.165) is 16.3 Å². The number of rotatable bonds is 3. The Kier molecular flexibility index (Phi) is 3.59. The van der Waals surface area contributed by atoms with Crippen LogP contribution in [0.25, 0.3) is 0 Å². The molecule has 0 aliphatic carbocycles. The third-order valence-corrected chi connectivity index (χ3v) is 3.79. The number of ether oxygens (including phenoxy) is 1. The van der Waals surface area contributed by atoms with Crippen molar-refractivity contribution in [2.24, 2.45) is 0 Å². The van der Waals surface area contributed by atoms with Crippen molar-refractivity contribution in [3.63, 3.8) is 0 Å². The van der Waals surface area contributed by atoms with Crippen LogP contribution in [-0.2, 0) is 0 Å². The molecular formula is C14H15NOS. The number of nitrogen functional groups attached to an aromatic ring is 1. The Balaban J connectivity index is 2.32. The Hall–Kier alpha value is -1.61. The van der Waals surface area contributed by atoms with E-state index in [4.69, 9.17) is 10.5 Å². The summed E-state index contributed by atoms with van der Waals surface area (Å²) in [6.45, 7) is 2.10. The van der Waals surface area contributed by atoms with Gasteiger partial charge in [-0.3, -0.25) is 0 Å². The third kappa shape index (κ3) is 2.74. The highest BCUT2D eigenvalue weighted by Gasteiger charge is 2.05. The molecule has 0 aliphatic heterocycles. The van der Waals surface area contributed by atoms with Gasteiger partial charge in [0.15, 0.2) is 0 Å². The molecule has 0 fully saturated rings. The van der Waals surface area contributed by atoms with E-state index in [1.54, 1.807) is 18.9 Å². The topological polar surface area (TPSA) is 35.2 Å². The molecule has 0 atom stereocenters. The van der Waals surface area contributed by atoms with Crippen LogP contribution in [0.5, 0.6) is 5.75 Å². The molecule has 2 aromatic rings. The fraction of sp³-hybridized carbons (Fsp3) is 0.143. The Labute approximate surface area is 106 Å². The number of aryl methyl sites for hydroxylation is 1. The molecule has 2 N–H and O–H groups in total. The molecule has 0 unspecified atom stereocenters. The largest absolute Gasteiger partial charge is 0.497 e. The van der Waals surface area contributed by atoms with Crippen LogP contribution in [0, 0.1) is 6.92 Å². The minimum absolute atomic E-state index is 0.777. The summed E-state index contributed by atoms with van der Waals surface area (Å²) < 4.78 is 5.21. The molecule has 2 nitrogen and oxygen atoms in total. The summed E-state index contributed by atoms with van der Waals surface area (Å²) >= 11 is 1.67. The fourth-order valence-electron chi connectivity index (χ4n) is 1.52. The van der Waals surface area contributed by atoms with Gasteiger partial charge in [0.1, 0.15) is 5.75 Å². The van der Waals surface area contributed by atoms with Crippen molar-refractivity contribution in [3.05, 3.63) is 48.0 Å². The molecule has 0 aromatic heterocycles. The standard InChI is InChI=1S/C14H15NOS/c1-10-5-3-4-6-13(10)17-14-9-11(16-2)7-8-12(14)15/h3-9H,15H2,1-2H3. The molecule has 0 spiro atoms. The smallest absolute Gasteiger partial charge is 0.120 e. The molecule has 0 amide bonds. The van der Waals surface area contributed by atoms with Gasteiger partial charge in [-0.2, -0.15) is 0 Å². The van der Waals surface area contributed by atoms with Crippen molar-refractivity contribution in [2.75, 3.05) is 12.8 Å². The Bertz CT molecular complexity index is 525. The van der Waals surface area contributed by atoms with Gasteiger partial charge in [-0.05, 0) is 36.8 Å². The van der Waals surface area contributed by atoms with Gasteiger partial charge in [-0.15, -0.1) is 0 Å². The normalized spacial score (nSPS) is 10.2. The van der Waals surface area contributed by atoms with Crippen molar-refractivity contribution < 1.29 is 4.74 Å². The molecule has 17 heavy (non-hydrogen) atoms. The van der Waals surface area contributed by atoms with Crippen molar-refractivity contribution in [1.29, 1.82) is 0 Å². The average Bonchev–Trinajstić information content (AvgIpc) is 2.35. The van der Waals surface area contributed by atoms with E-state index in [0.29, 0.717) is 0 Å². The van der Waals surface area contributed by atoms with E-state index in [-0.39, 0.29) is 0 Å². The van der Waals surface area contributed by atoms with E-state index in [1.165, 1.54) is 10.5 Å². The van der Waals surface area contributed by atoms with Gasteiger partial charge < -0.3 is 10.5 Å². The molecule has 0 saturated carbocycles. The number of benzene rings is 2. The third-order valence-electron chi connectivity index (χ3n) is 2.53. The zero-order valence-electron chi connectivity index (χ0n) is 9.94. The quantitative estimate of drug-likeness (QED) is 0.837. The van der Waals surface area contributed by atoms with Crippen LogP contribution in [0.1, 0.15) is 5.56 Å². The summed E-state index contributed by atoms with van der Waals surface area (Å²) in [7, 11) is 1.66. The van der Waals surface area contributed by atoms with E-state index in [9.17, 15) is 0 Å². The fourth-order valence-corrected chi connectivity index (χ4v) is 2.49. The lowest BCUT2D eigenvalue weighted by Gasteiger charge is -2.09. The number of hydrogen-bond donors (Lipinski definition) is 1. The molecule has 3 heteroatoms. The van der Waals surface area contributed by atoms with E-state index in [1.807, 2.05) is 30.3 Å². The van der Waals surface area contributed by atoms with Crippen LogP contribution in [0.4, 0.5) is 5.69 Å². The van der Waals surface area contributed by atoms with E-state index >= 15 is 0 Å². The summed E-state index contributed by atoms with van der Waals surface area (Å²) in [5.41, 5.74) is 7.99. The maximum Gasteiger partial charge on any atom is 0.120 e. The Morgan fingerprint density at radius 2 is 1.82 bits per heavy atom. The molecule has 88 valence electrons. The van der Waals surface area contributed by atoms with Crippen LogP contribution in [0.15, 0.2) is 52.3 Å². The molecule has 2 aromatic carbocycles. The summed E-state index contributed by atoms with van der Waals surface area (Å²) in [4.78, 5) is 2.24. The van der Waals surface area contributed by atoms with Gasteiger partial charge >= 0.3 is 0 Å². The zero-order valence-corrected chi connectivity index (χ0v) is 10.8. The highest BCUT2D eigenvalue weighted by atomic mass is 32.2. The van der Waals surface area contributed by atoms with Crippen LogP contribution >= 0.6 is 11.8 Å². The van der Waals surface area contributed by atoms with Crippen LogP contribution < -0.4 is 10.5 Å². The summed E-state index contributed by atoms with van der Waals surface area (Å²) in [5.74, 6) is 0.829. The maximum absolute atomic E-state index is 5.97. The molecule has 0 bridgehead atoms. The predicted octanol–water partition coefficient (Wildman–Crippen LogP) is 3.74. The summed E-state index contributed by atoms with van der Waals surface area (Å²) in [6.07, 6.45) is 0. The SMILES string of the molecule is COc1ccc(N)c(Sc2ccccc2C)c1. The minimum atomic E-state index is 0.777. The number of anilines is 1. The van der Waals surface area contributed by atoms with Crippen molar-refractivity contribution in [1.82, 2.24) is 0 Å². The second-order valence-electron chi connectivity index (χ2n) is 3.77. The lowest BCUT2D eigenvalue weighted by atomic mass is 10.2. The lowest BCUT2D eigenvalue weighted by Crippen LogP contribution is -1.90.